The first-order valence-electron chi connectivity index (χ1n) is 2.33. The molecule has 0 atom stereocenters. The molecule has 6 heteroatoms. The van der Waals surface area contributed by atoms with Crippen molar-refractivity contribution >= 4 is 16.1 Å². The molecule has 0 spiro atoms. The molecule has 10 heavy (non-hydrogen) atoms. The van der Waals surface area contributed by atoms with Crippen molar-refractivity contribution in [2.24, 2.45) is 0 Å². The lowest BCUT2D eigenvalue weighted by atomic mass is 10.4. The minimum absolute atomic E-state index is 0.286. The molecule has 1 heterocycles. The molecule has 0 saturated carbocycles. The van der Waals surface area contributed by atoms with E-state index in [1.165, 1.54) is 0 Å². The summed E-state index contributed by atoms with van der Waals surface area (Å²) in [5, 5.41) is 0.286. The molecule has 0 N–H and O–H groups in total. The number of rotatable bonds is 0. The molecule has 0 aromatic carbocycles. The molecule has 1 aliphatic rings. The van der Waals surface area contributed by atoms with Crippen molar-refractivity contribution in [2.45, 2.75) is 6.42 Å². The van der Waals surface area contributed by atoms with Gasteiger partial charge in [-0.25, -0.2) is 4.39 Å². The van der Waals surface area contributed by atoms with Crippen molar-refractivity contribution < 1.29 is 21.8 Å². The van der Waals surface area contributed by atoms with Crippen molar-refractivity contribution in [1.29, 1.82) is 0 Å². The largest absolute Gasteiger partial charge is 0.342 e. The molecular formula is C4H3FO4S. The average Bonchev–Trinajstić information content (AvgIpc) is 1.54. The summed E-state index contributed by atoms with van der Waals surface area (Å²) in [6.45, 7) is 0. The van der Waals surface area contributed by atoms with Crippen LogP contribution in [0.2, 0.25) is 0 Å². The lowest BCUT2D eigenvalue weighted by Gasteiger charge is -2.05. The Kier molecular flexibility index (Phi) is 1.47. The summed E-state index contributed by atoms with van der Waals surface area (Å²) in [6.07, 6.45) is -0.598. The molecule has 0 fully saturated rings. The zero-order valence-corrected chi connectivity index (χ0v) is 5.52. The van der Waals surface area contributed by atoms with Crippen LogP contribution in [-0.2, 0) is 19.1 Å². The summed E-state index contributed by atoms with van der Waals surface area (Å²) in [6, 6.07) is 0. The van der Waals surface area contributed by atoms with Crippen LogP contribution in [0.1, 0.15) is 6.42 Å². The first-order chi connectivity index (χ1) is 4.49. The van der Waals surface area contributed by atoms with E-state index in [1.807, 2.05) is 0 Å². The van der Waals surface area contributed by atoms with E-state index in [2.05, 4.69) is 4.18 Å². The highest BCUT2D eigenvalue weighted by molar-refractivity contribution is 7.90. The zero-order valence-electron chi connectivity index (χ0n) is 4.70. The van der Waals surface area contributed by atoms with E-state index in [9.17, 15) is 17.6 Å². The Bertz CT molecular complexity index is 288. The number of halogens is 1. The average molecular weight is 166 g/mol. The predicted molar refractivity (Wildman–Crippen MR) is 28.8 cm³/mol. The molecule has 1 aliphatic heterocycles. The van der Waals surface area contributed by atoms with Crippen molar-refractivity contribution in [3.05, 3.63) is 11.2 Å². The third kappa shape index (κ3) is 1.53. The third-order valence-corrected chi connectivity index (χ3v) is 1.76. The second-order valence-electron chi connectivity index (χ2n) is 1.69. The molecule has 0 aromatic rings. The second kappa shape index (κ2) is 2.05. The Morgan fingerprint density at radius 2 is 2.20 bits per heavy atom. The van der Waals surface area contributed by atoms with Gasteiger partial charge in [0.25, 0.3) is 0 Å². The van der Waals surface area contributed by atoms with Crippen molar-refractivity contribution in [3.63, 3.8) is 0 Å². The van der Waals surface area contributed by atoms with Gasteiger partial charge in [0.05, 0.1) is 6.42 Å². The minimum atomic E-state index is -4.07. The summed E-state index contributed by atoms with van der Waals surface area (Å²) in [7, 11) is -4.07. The van der Waals surface area contributed by atoms with E-state index in [-0.39, 0.29) is 5.41 Å². The summed E-state index contributed by atoms with van der Waals surface area (Å²) < 4.78 is 36.5. The monoisotopic (exact) mass is 166 g/mol. The summed E-state index contributed by atoms with van der Waals surface area (Å²) in [4.78, 5) is 10.2. The predicted octanol–water partition coefficient (Wildman–Crippen LogP) is 0.0740. The van der Waals surface area contributed by atoms with E-state index in [0.717, 1.165) is 0 Å². The first kappa shape index (κ1) is 7.20. The maximum Gasteiger partial charge on any atom is 0.337 e. The van der Waals surface area contributed by atoms with Crippen molar-refractivity contribution in [2.75, 3.05) is 0 Å². The van der Waals surface area contributed by atoms with E-state index >= 15 is 0 Å². The van der Waals surface area contributed by atoms with Crippen LogP contribution in [0.3, 0.4) is 0 Å². The van der Waals surface area contributed by atoms with E-state index in [1.54, 1.807) is 0 Å². The second-order valence-corrected chi connectivity index (χ2v) is 3.08. The Labute approximate surface area is 56.4 Å². The highest BCUT2D eigenvalue weighted by Gasteiger charge is 2.23. The fraction of sp³-hybridized carbons (Fsp3) is 0.250. The Morgan fingerprint density at radius 1 is 1.60 bits per heavy atom. The molecule has 0 radical (unpaired) electrons. The third-order valence-electron chi connectivity index (χ3n) is 0.795. The van der Waals surface area contributed by atoms with Gasteiger partial charge in [0.15, 0.2) is 0 Å². The van der Waals surface area contributed by atoms with E-state index in [4.69, 9.17) is 0 Å². The Balaban J connectivity index is 3.07. The topological polar surface area (TPSA) is 60.4 Å². The lowest BCUT2D eigenvalue weighted by molar-refractivity contribution is -0.133. The van der Waals surface area contributed by atoms with Crippen LogP contribution in [0.5, 0.6) is 0 Å². The number of carbonyl (C=O) groups excluding carboxylic acids is 1. The van der Waals surface area contributed by atoms with E-state index in [0.29, 0.717) is 0 Å². The lowest BCUT2D eigenvalue weighted by Crippen LogP contribution is -2.15. The van der Waals surface area contributed by atoms with Crippen LogP contribution in [0.15, 0.2) is 11.2 Å². The van der Waals surface area contributed by atoms with Gasteiger partial charge >= 0.3 is 16.1 Å². The van der Waals surface area contributed by atoms with Gasteiger partial charge < -0.3 is 4.18 Å². The molecule has 1 rings (SSSR count). The first-order valence-corrected chi connectivity index (χ1v) is 3.80. The maximum absolute atomic E-state index is 12.1. The highest BCUT2D eigenvalue weighted by atomic mass is 32.2. The van der Waals surface area contributed by atoms with Gasteiger partial charge in [-0.2, -0.15) is 8.42 Å². The minimum Gasteiger partial charge on any atom is -0.342 e. The number of hydrogen-bond donors (Lipinski definition) is 0. The summed E-state index contributed by atoms with van der Waals surface area (Å²) >= 11 is 0. The van der Waals surface area contributed by atoms with Crippen LogP contribution in [0.25, 0.3) is 0 Å². The summed E-state index contributed by atoms with van der Waals surface area (Å²) in [5.41, 5.74) is 0. The molecule has 4 nitrogen and oxygen atoms in total. The van der Waals surface area contributed by atoms with Crippen LogP contribution in [0, 0.1) is 0 Å². The molecule has 56 valence electrons. The maximum atomic E-state index is 12.1. The normalized spacial score (nSPS) is 23.3. The SMILES string of the molecule is O=C1CC(F)=CS(=O)(=O)O1. The summed E-state index contributed by atoms with van der Waals surface area (Å²) in [5.74, 6) is -2.07. The molecular weight excluding hydrogens is 163 g/mol. The van der Waals surface area contributed by atoms with Gasteiger partial charge in [0.2, 0.25) is 0 Å². The molecule has 0 unspecified atom stereocenters. The molecule has 0 bridgehead atoms. The standard InChI is InChI=1S/C4H3FO4S/c5-3-1-4(6)9-10(7,8)2-3/h2H,1H2. The fourth-order valence-electron chi connectivity index (χ4n) is 0.519. The van der Waals surface area contributed by atoms with Crippen LogP contribution in [0.4, 0.5) is 4.39 Å². The van der Waals surface area contributed by atoms with Crippen LogP contribution >= 0.6 is 0 Å². The van der Waals surface area contributed by atoms with Gasteiger partial charge in [0, 0.05) is 0 Å². The highest BCUT2D eigenvalue weighted by Crippen LogP contribution is 2.15. The van der Waals surface area contributed by atoms with Gasteiger partial charge in [0.1, 0.15) is 11.2 Å². The molecule has 0 aromatic heterocycles. The van der Waals surface area contributed by atoms with Crippen LogP contribution in [-0.4, -0.2) is 14.4 Å². The zero-order chi connectivity index (χ0) is 7.78. The fourth-order valence-corrected chi connectivity index (χ4v) is 1.28. The quantitative estimate of drug-likeness (QED) is 0.478. The van der Waals surface area contributed by atoms with Gasteiger partial charge in [-0.1, -0.05) is 0 Å². The van der Waals surface area contributed by atoms with Crippen molar-refractivity contribution in [1.82, 2.24) is 0 Å². The van der Waals surface area contributed by atoms with Gasteiger partial charge in [-0.15, -0.1) is 0 Å². The van der Waals surface area contributed by atoms with Gasteiger partial charge in [-0.05, 0) is 0 Å². The van der Waals surface area contributed by atoms with E-state index < -0.39 is 28.3 Å². The van der Waals surface area contributed by atoms with Crippen LogP contribution < -0.4 is 0 Å². The Hall–Kier alpha value is -0.910. The van der Waals surface area contributed by atoms with Gasteiger partial charge in [-0.3, -0.25) is 4.79 Å². The number of carbonyl (C=O) groups is 1. The van der Waals surface area contributed by atoms with Crippen molar-refractivity contribution in [3.8, 4) is 0 Å². The Morgan fingerprint density at radius 3 is 2.60 bits per heavy atom. The smallest absolute Gasteiger partial charge is 0.337 e. The molecule has 0 aliphatic carbocycles. The number of hydrogen-bond acceptors (Lipinski definition) is 4. The molecule has 0 saturated heterocycles. The molecule has 0 amide bonds.